The molecule has 35 heavy (non-hydrogen) atoms. The van der Waals surface area contributed by atoms with Crippen molar-refractivity contribution in [1.82, 2.24) is 0 Å². The van der Waals surface area contributed by atoms with Crippen LogP contribution in [0.4, 0.5) is 0 Å². The molecule has 0 aromatic carbocycles. The molecule has 4 fully saturated rings. The molecule has 6 rings (SSSR count). The van der Waals surface area contributed by atoms with Gasteiger partial charge in [-0.25, -0.2) is 4.79 Å². The van der Waals surface area contributed by atoms with Gasteiger partial charge in [0.2, 0.25) is 0 Å². The quantitative estimate of drug-likeness (QED) is 0.450. The molecule has 2 saturated carbocycles. The lowest BCUT2D eigenvalue weighted by Crippen LogP contribution is -2.72. The lowest BCUT2D eigenvalue weighted by Gasteiger charge is -2.68. The molecule has 0 amide bonds. The van der Waals surface area contributed by atoms with Gasteiger partial charge in [0.1, 0.15) is 17.8 Å². The number of ether oxygens (including phenoxy) is 3. The van der Waals surface area contributed by atoms with E-state index >= 15 is 0 Å². The zero-order chi connectivity index (χ0) is 25.2. The lowest BCUT2D eigenvalue weighted by molar-refractivity contribution is -0.251. The highest BCUT2D eigenvalue weighted by Crippen LogP contribution is 2.79. The first kappa shape index (κ1) is 23.0. The molecule has 2 saturated heterocycles. The fraction of sp³-hybridized carbons (Fsp3) is 0.679. The fourth-order valence-corrected chi connectivity index (χ4v) is 9.20. The molecule has 3 aliphatic carbocycles. The summed E-state index contributed by atoms with van der Waals surface area (Å²) in [6, 6.07) is 1.84. The van der Waals surface area contributed by atoms with Gasteiger partial charge in [-0.05, 0) is 48.7 Å². The van der Waals surface area contributed by atoms with Crippen LogP contribution in [0.25, 0.3) is 0 Å². The van der Waals surface area contributed by atoms with E-state index in [9.17, 15) is 14.4 Å². The highest BCUT2D eigenvalue weighted by molar-refractivity contribution is 5.95. The Hall–Kier alpha value is -2.41. The number of furan rings is 1. The number of epoxide rings is 1. The Morgan fingerprint density at radius 3 is 2.49 bits per heavy atom. The van der Waals surface area contributed by atoms with E-state index < -0.39 is 40.2 Å². The minimum atomic E-state index is -0.853. The summed E-state index contributed by atoms with van der Waals surface area (Å²) >= 11 is 0. The van der Waals surface area contributed by atoms with Crippen LogP contribution in [0.3, 0.4) is 0 Å². The number of rotatable bonds is 2. The van der Waals surface area contributed by atoms with Gasteiger partial charge in [0.25, 0.3) is 0 Å². The maximum Gasteiger partial charge on any atom is 0.339 e. The Balaban J connectivity index is 1.55. The van der Waals surface area contributed by atoms with E-state index in [0.717, 1.165) is 18.4 Å². The summed E-state index contributed by atoms with van der Waals surface area (Å²) < 4.78 is 24.0. The number of carbonyl (C=O) groups excluding carboxylic acids is 3. The smallest absolute Gasteiger partial charge is 0.339 e. The number of hydrogen-bond donors (Lipinski definition) is 0. The van der Waals surface area contributed by atoms with Crippen molar-refractivity contribution in [3.63, 3.8) is 0 Å². The summed E-state index contributed by atoms with van der Waals surface area (Å²) in [4.78, 5) is 38.6. The van der Waals surface area contributed by atoms with Crippen molar-refractivity contribution in [1.29, 1.82) is 0 Å². The van der Waals surface area contributed by atoms with Crippen LogP contribution in [0.5, 0.6) is 0 Å². The molecule has 1 spiro atoms. The predicted molar refractivity (Wildman–Crippen MR) is 124 cm³/mol. The number of fused-ring (bicyclic) bond motifs is 3. The van der Waals surface area contributed by atoms with Crippen LogP contribution in [-0.2, 0) is 28.6 Å². The number of carbonyl (C=O) groups is 3. The molecule has 0 bridgehead atoms. The number of esters is 2. The SMILES string of the molecule is CC(=O)OC1CC2C(C)(C)C(=O)C=C[C@]2(C)C2CC[C@@]3(C)C(c4ccoc4)OC(=O)C4O[C@]43[C@]12C. The van der Waals surface area contributed by atoms with Gasteiger partial charge in [-0.3, -0.25) is 9.59 Å². The first-order chi connectivity index (χ1) is 16.3. The Morgan fingerprint density at radius 2 is 1.83 bits per heavy atom. The highest BCUT2D eigenvalue weighted by atomic mass is 16.7. The maximum absolute atomic E-state index is 13.2. The molecule has 3 heterocycles. The van der Waals surface area contributed by atoms with Crippen molar-refractivity contribution in [2.75, 3.05) is 0 Å². The van der Waals surface area contributed by atoms with Gasteiger partial charge >= 0.3 is 11.9 Å². The number of cyclic esters (lactones) is 1. The number of ketones is 1. The van der Waals surface area contributed by atoms with Crippen molar-refractivity contribution in [2.24, 2.45) is 33.5 Å². The molecular formula is C28H34O7. The van der Waals surface area contributed by atoms with E-state index in [1.807, 2.05) is 19.9 Å². The summed E-state index contributed by atoms with van der Waals surface area (Å²) in [6.07, 6.45) is 7.46. The van der Waals surface area contributed by atoms with Gasteiger partial charge < -0.3 is 18.6 Å². The van der Waals surface area contributed by atoms with Gasteiger partial charge in [0, 0.05) is 28.7 Å². The first-order valence-corrected chi connectivity index (χ1v) is 12.7. The first-order valence-electron chi connectivity index (χ1n) is 12.7. The van der Waals surface area contributed by atoms with Crippen LogP contribution < -0.4 is 0 Å². The lowest BCUT2D eigenvalue weighted by atomic mass is 9.35. The normalized spacial score (nSPS) is 49.1. The molecule has 0 N–H and O–H groups in total. The van der Waals surface area contributed by atoms with E-state index in [1.54, 1.807) is 18.6 Å². The van der Waals surface area contributed by atoms with Crippen LogP contribution in [0.15, 0.2) is 35.2 Å². The minimum absolute atomic E-state index is 0.00639. The summed E-state index contributed by atoms with van der Waals surface area (Å²) in [5, 5.41) is 0. The Bertz CT molecular complexity index is 1150. The van der Waals surface area contributed by atoms with E-state index in [-0.39, 0.29) is 35.0 Å². The minimum Gasteiger partial charge on any atom is -0.472 e. The van der Waals surface area contributed by atoms with Crippen molar-refractivity contribution in [3.05, 3.63) is 36.3 Å². The van der Waals surface area contributed by atoms with Crippen molar-refractivity contribution < 1.29 is 33.0 Å². The van der Waals surface area contributed by atoms with Gasteiger partial charge in [0.05, 0.1) is 12.5 Å². The molecule has 5 aliphatic rings. The Kier molecular flexibility index (Phi) is 4.38. The third-order valence-corrected chi connectivity index (χ3v) is 10.8. The van der Waals surface area contributed by atoms with Gasteiger partial charge in [0.15, 0.2) is 11.9 Å². The average Bonchev–Trinajstić information content (AvgIpc) is 3.35. The third-order valence-electron chi connectivity index (χ3n) is 10.8. The Morgan fingerprint density at radius 1 is 1.09 bits per heavy atom. The number of allylic oxidation sites excluding steroid dienone is 2. The zero-order valence-electron chi connectivity index (χ0n) is 21.3. The van der Waals surface area contributed by atoms with Crippen LogP contribution in [0.2, 0.25) is 0 Å². The van der Waals surface area contributed by atoms with Crippen LogP contribution in [-0.4, -0.2) is 35.5 Å². The van der Waals surface area contributed by atoms with Crippen molar-refractivity contribution in [3.8, 4) is 0 Å². The topological polar surface area (TPSA) is 95.3 Å². The summed E-state index contributed by atoms with van der Waals surface area (Å²) in [6.45, 7) is 12.0. The second kappa shape index (κ2) is 6.67. The summed E-state index contributed by atoms with van der Waals surface area (Å²) in [7, 11) is 0. The van der Waals surface area contributed by atoms with Gasteiger partial charge in [-0.1, -0.05) is 40.7 Å². The van der Waals surface area contributed by atoms with Crippen LogP contribution in [0.1, 0.15) is 72.5 Å². The molecule has 5 unspecified atom stereocenters. The molecule has 9 atom stereocenters. The standard InChI is InChI=1S/C28H34O7/c1-15(29)33-20-13-18-24(2,3)19(30)8-10-25(18,4)17-7-11-26(5)21(16-9-12-32-14-16)34-23(31)22-28(26,35-22)27(17,20)6/h8-10,12,14,17-18,20-22H,7,11,13H2,1-6H3/t17?,18?,20?,21?,22?,25-,26+,27+,28-/m1/s1. The summed E-state index contributed by atoms with van der Waals surface area (Å²) in [5.74, 6) is -0.603. The van der Waals surface area contributed by atoms with E-state index in [0.29, 0.717) is 6.42 Å². The molecule has 0 radical (unpaired) electrons. The summed E-state index contributed by atoms with van der Waals surface area (Å²) in [5.41, 5.74) is -2.15. The third kappa shape index (κ3) is 2.48. The van der Waals surface area contributed by atoms with Crippen LogP contribution >= 0.6 is 0 Å². The molecule has 1 aromatic rings. The molecular weight excluding hydrogens is 448 g/mol. The maximum atomic E-state index is 13.2. The van der Waals surface area contributed by atoms with Gasteiger partial charge in [-0.2, -0.15) is 0 Å². The average molecular weight is 483 g/mol. The van der Waals surface area contributed by atoms with Crippen molar-refractivity contribution in [2.45, 2.75) is 84.7 Å². The fourth-order valence-electron chi connectivity index (χ4n) is 9.20. The monoisotopic (exact) mass is 482 g/mol. The molecule has 1 aromatic heterocycles. The highest BCUT2D eigenvalue weighted by Gasteiger charge is 2.88. The van der Waals surface area contributed by atoms with Gasteiger partial charge in [-0.15, -0.1) is 0 Å². The van der Waals surface area contributed by atoms with E-state index in [4.69, 9.17) is 18.6 Å². The molecule has 7 nitrogen and oxygen atoms in total. The zero-order valence-corrected chi connectivity index (χ0v) is 21.3. The van der Waals surface area contributed by atoms with E-state index in [2.05, 4.69) is 26.8 Å². The molecule has 188 valence electrons. The van der Waals surface area contributed by atoms with Crippen molar-refractivity contribution >= 4 is 17.7 Å². The van der Waals surface area contributed by atoms with E-state index in [1.165, 1.54) is 6.92 Å². The predicted octanol–water partition coefficient (Wildman–Crippen LogP) is 4.56. The molecule has 7 heteroatoms. The molecule has 2 aliphatic heterocycles. The second-order valence-corrected chi connectivity index (χ2v) is 12.6. The second-order valence-electron chi connectivity index (χ2n) is 12.6. The largest absolute Gasteiger partial charge is 0.472 e. The number of hydrogen-bond acceptors (Lipinski definition) is 7. The van der Waals surface area contributed by atoms with Crippen LogP contribution in [0, 0.1) is 33.5 Å². The Labute approximate surface area is 205 Å².